The van der Waals surface area contributed by atoms with Crippen LogP contribution in [-0.4, -0.2) is 64.7 Å². The van der Waals surface area contributed by atoms with Crippen molar-refractivity contribution in [2.24, 2.45) is 5.92 Å². The summed E-state index contributed by atoms with van der Waals surface area (Å²) in [6.45, 7) is 2.81. The van der Waals surface area contributed by atoms with Crippen LogP contribution >= 0.6 is 0 Å². The van der Waals surface area contributed by atoms with Crippen LogP contribution in [0.5, 0.6) is 11.5 Å². The molecule has 4 rings (SSSR count). The van der Waals surface area contributed by atoms with E-state index < -0.39 is 11.6 Å². The minimum atomic E-state index is -0.788. The molecule has 3 fully saturated rings. The number of methoxy groups -OCH3 is 2. The van der Waals surface area contributed by atoms with Gasteiger partial charge in [-0.3, -0.25) is 4.79 Å². The Hall–Kier alpha value is -1.87. The maximum absolute atomic E-state index is 12.6. The van der Waals surface area contributed by atoms with Gasteiger partial charge in [0.1, 0.15) is 0 Å². The number of benzene rings is 1. The van der Waals surface area contributed by atoms with Crippen LogP contribution in [0.4, 0.5) is 0 Å². The summed E-state index contributed by atoms with van der Waals surface area (Å²) in [7, 11) is 3.22. The predicted octanol–water partition coefficient (Wildman–Crippen LogP) is 2.04. The first-order valence-corrected chi connectivity index (χ1v) is 10.6. The largest absolute Gasteiger partial charge is 0.493 e. The number of carbonyl (C=O) groups excluding carboxylic acids is 1. The lowest BCUT2D eigenvalue weighted by Crippen LogP contribution is -2.53. The molecule has 166 valence electrons. The molecular formula is C22H31NO7. The third-order valence-electron chi connectivity index (χ3n) is 6.22. The van der Waals surface area contributed by atoms with E-state index in [0.29, 0.717) is 63.7 Å². The zero-order valence-corrected chi connectivity index (χ0v) is 17.7. The average molecular weight is 421 g/mol. The van der Waals surface area contributed by atoms with Gasteiger partial charge in [-0.2, -0.15) is 0 Å². The molecule has 2 spiro atoms. The van der Waals surface area contributed by atoms with Gasteiger partial charge in [0.2, 0.25) is 5.91 Å². The van der Waals surface area contributed by atoms with Crippen molar-refractivity contribution >= 4 is 5.91 Å². The first-order valence-electron chi connectivity index (χ1n) is 10.6. The molecule has 1 aromatic carbocycles. The number of hydrogen-bond donors (Lipinski definition) is 1. The van der Waals surface area contributed by atoms with Gasteiger partial charge >= 0.3 is 0 Å². The topological polar surface area (TPSA) is 84.5 Å². The molecule has 3 aliphatic rings. The molecule has 30 heavy (non-hydrogen) atoms. The molecule has 0 radical (unpaired) electrons. The lowest BCUT2D eigenvalue weighted by atomic mass is 9.77. The number of amides is 1. The van der Waals surface area contributed by atoms with Crippen molar-refractivity contribution in [2.75, 3.05) is 47.2 Å². The Balaban J connectivity index is 1.30. The number of rotatable bonds is 7. The highest BCUT2D eigenvalue weighted by Gasteiger charge is 2.57. The molecule has 8 heteroatoms. The van der Waals surface area contributed by atoms with E-state index in [4.69, 9.17) is 28.4 Å². The smallest absolute Gasteiger partial charge is 0.220 e. The second kappa shape index (κ2) is 9.09. The van der Waals surface area contributed by atoms with Crippen LogP contribution in [0.2, 0.25) is 0 Å². The second-order valence-corrected chi connectivity index (χ2v) is 8.02. The van der Waals surface area contributed by atoms with E-state index in [0.717, 1.165) is 18.4 Å². The van der Waals surface area contributed by atoms with Gasteiger partial charge in [0.15, 0.2) is 23.1 Å². The van der Waals surface area contributed by atoms with Crippen LogP contribution in [-0.2, 0) is 30.2 Å². The third-order valence-corrected chi connectivity index (χ3v) is 6.22. The van der Waals surface area contributed by atoms with E-state index in [9.17, 15) is 4.79 Å². The second-order valence-electron chi connectivity index (χ2n) is 8.02. The minimum absolute atomic E-state index is 0.00293. The molecule has 2 aliphatic heterocycles. The first kappa shape index (κ1) is 21.4. The number of carbonyl (C=O) groups is 1. The normalized spacial score (nSPS) is 24.3. The van der Waals surface area contributed by atoms with E-state index in [2.05, 4.69) is 5.32 Å². The zero-order valence-electron chi connectivity index (χ0n) is 17.7. The van der Waals surface area contributed by atoms with Crippen LogP contribution in [0.15, 0.2) is 18.2 Å². The van der Waals surface area contributed by atoms with Gasteiger partial charge < -0.3 is 33.7 Å². The highest BCUT2D eigenvalue weighted by atomic mass is 16.8. The van der Waals surface area contributed by atoms with Crippen LogP contribution < -0.4 is 14.8 Å². The highest BCUT2D eigenvalue weighted by molar-refractivity contribution is 5.76. The molecule has 1 unspecified atom stereocenters. The predicted molar refractivity (Wildman–Crippen MR) is 107 cm³/mol. The molecule has 0 bridgehead atoms. The van der Waals surface area contributed by atoms with Crippen LogP contribution in [0.3, 0.4) is 0 Å². The zero-order chi connectivity index (χ0) is 21.0. The molecule has 1 amide bonds. The Labute approximate surface area is 177 Å². The van der Waals surface area contributed by atoms with Crippen LogP contribution in [0, 0.1) is 5.92 Å². The van der Waals surface area contributed by atoms with Gasteiger partial charge in [-0.15, -0.1) is 0 Å². The van der Waals surface area contributed by atoms with E-state index in [-0.39, 0.29) is 11.8 Å². The summed E-state index contributed by atoms with van der Waals surface area (Å²) in [4.78, 5) is 12.6. The Morgan fingerprint density at radius 2 is 1.77 bits per heavy atom. The molecule has 1 N–H and O–H groups in total. The van der Waals surface area contributed by atoms with Crippen molar-refractivity contribution in [3.05, 3.63) is 23.8 Å². The van der Waals surface area contributed by atoms with Gasteiger partial charge in [-0.1, -0.05) is 6.07 Å². The Kier molecular flexibility index (Phi) is 6.48. The molecule has 8 nitrogen and oxygen atoms in total. The van der Waals surface area contributed by atoms with Gasteiger partial charge in [0, 0.05) is 25.3 Å². The summed E-state index contributed by atoms with van der Waals surface area (Å²) in [5.41, 5.74) is 1.07. The molecule has 1 aliphatic carbocycles. The van der Waals surface area contributed by atoms with Gasteiger partial charge in [0.25, 0.3) is 0 Å². The average Bonchev–Trinajstić information content (AvgIpc) is 3.41. The maximum Gasteiger partial charge on any atom is 0.220 e. The molecular weight excluding hydrogens is 390 g/mol. The van der Waals surface area contributed by atoms with Crippen molar-refractivity contribution in [3.8, 4) is 11.5 Å². The monoisotopic (exact) mass is 421 g/mol. The molecule has 1 aromatic rings. The van der Waals surface area contributed by atoms with Crippen molar-refractivity contribution in [3.63, 3.8) is 0 Å². The van der Waals surface area contributed by atoms with E-state index in [1.165, 1.54) is 0 Å². The molecule has 1 saturated carbocycles. The van der Waals surface area contributed by atoms with Crippen molar-refractivity contribution < 1.29 is 33.2 Å². The fourth-order valence-corrected chi connectivity index (χ4v) is 4.71. The minimum Gasteiger partial charge on any atom is -0.493 e. The molecule has 0 aromatic heterocycles. The third kappa shape index (κ3) is 4.42. The number of nitrogens with one attached hydrogen (secondary N) is 1. The summed E-state index contributed by atoms with van der Waals surface area (Å²) < 4.78 is 34.4. The van der Waals surface area contributed by atoms with Crippen molar-refractivity contribution in [1.82, 2.24) is 5.32 Å². The van der Waals surface area contributed by atoms with E-state index >= 15 is 0 Å². The lowest BCUT2D eigenvalue weighted by Gasteiger charge is -2.46. The van der Waals surface area contributed by atoms with Crippen molar-refractivity contribution in [2.45, 2.75) is 43.7 Å². The van der Waals surface area contributed by atoms with Gasteiger partial charge in [0.05, 0.1) is 47.1 Å². The van der Waals surface area contributed by atoms with Gasteiger partial charge in [-0.05, 0) is 30.5 Å². The molecule has 2 heterocycles. The Morgan fingerprint density at radius 3 is 2.47 bits per heavy atom. The summed E-state index contributed by atoms with van der Waals surface area (Å²) in [5, 5.41) is 3.03. The molecule has 1 atom stereocenters. The lowest BCUT2D eigenvalue weighted by molar-refractivity contribution is -0.295. The fourth-order valence-electron chi connectivity index (χ4n) is 4.71. The summed E-state index contributed by atoms with van der Waals surface area (Å²) in [6, 6.07) is 5.78. The first-order chi connectivity index (χ1) is 14.6. The number of hydrogen-bond acceptors (Lipinski definition) is 7. The standard InChI is InChI=1S/C22H31NO7/c1-25-18-4-3-16(13-19(18)26-2)6-8-23-20(24)14-17-5-7-21(27-9-10-28-21)15-22(17)29-11-12-30-22/h3-4,13,17H,5-12,14-15H2,1-2H3,(H,23,24). The summed E-state index contributed by atoms with van der Waals surface area (Å²) in [6.07, 6.45) is 3.11. The summed E-state index contributed by atoms with van der Waals surface area (Å²) in [5.74, 6) is -0.0417. The quantitative estimate of drug-likeness (QED) is 0.721. The van der Waals surface area contributed by atoms with E-state index in [1.54, 1.807) is 14.2 Å². The van der Waals surface area contributed by atoms with Crippen LogP contribution in [0.25, 0.3) is 0 Å². The van der Waals surface area contributed by atoms with Crippen molar-refractivity contribution in [1.29, 1.82) is 0 Å². The summed E-state index contributed by atoms with van der Waals surface area (Å²) >= 11 is 0. The Bertz CT molecular complexity index is 741. The SMILES string of the molecule is COc1ccc(CCNC(=O)CC2CCC3(CC24OCCO4)OCCO3)cc1OC. The maximum atomic E-state index is 12.6. The number of ether oxygens (including phenoxy) is 6. The van der Waals surface area contributed by atoms with Crippen LogP contribution in [0.1, 0.15) is 31.2 Å². The molecule has 2 saturated heterocycles. The Morgan fingerprint density at radius 1 is 1.07 bits per heavy atom. The highest BCUT2D eigenvalue weighted by Crippen LogP contribution is 2.49. The van der Waals surface area contributed by atoms with E-state index in [1.807, 2.05) is 18.2 Å². The van der Waals surface area contributed by atoms with Gasteiger partial charge in [-0.25, -0.2) is 0 Å². The fraction of sp³-hybridized carbons (Fsp3) is 0.682.